The van der Waals surface area contributed by atoms with Gasteiger partial charge in [0.15, 0.2) is 0 Å². The van der Waals surface area contributed by atoms with Gasteiger partial charge in [0.1, 0.15) is 5.60 Å². The van der Waals surface area contributed by atoms with Crippen molar-refractivity contribution in [3.8, 4) is 0 Å². The lowest BCUT2D eigenvalue weighted by atomic mass is 10.2. The molecule has 2 atom stereocenters. The molecule has 0 radical (unpaired) electrons. The maximum Gasteiger partial charge on any atom is 0.407 e. The molecule has 1 amide bonds. The summed E-state index contributed by atoms with van der Waals surface area (Å²) in [5.74, 6) is -0.163. The number of benzene rings is 1. The van der Waals surface area contributed by atoms with Crippen LogP contribution < -0.4 is 5.32 Å². The Kier molecular flexibility index (Phi) is 4.50. The van der Waals surface area contributed by atoms with Crippen molar-refractivity contribution >= 4 is 12.1 Å². The Balaban J connectivity index is 1.68. The van der Waals surface area contributed by atoms with Crippen molar-refractivity contribution in [2.75, 3.05) is 6.61 Å². The minimum absolute atomic E-state index is 0.0309. The molecule has 1 aromatic rings. The summed E-state index contributed by atoms with van der Waals surface area (Å²) in [5, 5.41) is 2.77. The maximum absolute atomic E-state index is 11.8. The van der Waals surface area contributed by atoms with Crippen LogP contribution in [0.15, 0.2) is 30.3 Å². The zero-order valence-corrected chi connectivity index (χ0v) is 12.6. The second-order valence-corrected chi connectivity index (χ2v) is 6.21. The Labute approximate surface area is 124 Å². The SMILES string of the molecule is CC(C)(C)OC(=O)N[C@H]1C[C@@H]1COC(=O)c1ccccc1. The van der Waals surface area contributed by atoms with Crippen LogP contribution >= 0.6 is 0 Å². The summed E-state index contributed by atoms with van der Waals surface area (Å²) in [7, 11) is 0. The Morgan fingerprint density at radius 1 is 1.24 bits per heavy atom. The van der Waals surface area contributed by atoms with E-state index in [0.717, 1.165) is 6.42 Å². The molecule has 5 heteroatoms. The highest BCUT2D eigenvalue weighted by Crippen LogP contribution is 2.31. The van der Waals surface area contributed by atoms with Gasteiger partial charge in [0, 0.05) is 12.0 Å². The van der Waals surface area contributed by atoms with Crippen LogP contribution in [0.5, 0.6) is 0 Å². The molecule has 1 aromatic carbocycles. The molecule has 0 spiro atoms. The minimum atomic E-state index is -0.506. The summed E-state index contributed by atoms with van der Waals surface area (Å²) in [6.45, 7) is 5.77. The number of carbonyl (C=O) groups is 2. The molecule has 21 heavy (non-hydrogen) atoms. The molecule has 1 aliphatic rings. The number of hydrogen-bond acceptors (Lipinski definition) is 4. The molecule has 114 valence electrons. The van der Waals surface area contributed by atoms with Gasteiger partial charge in [-0.2, -0.15) is 0 Å². The second-order valence-electron chi connectivity index (χ2n) is 6.21. The first kappa shape index (κ1) is 15.4. The van der Waals surface area contributed by atoms with Gasteiger partial charge in [0.05, 0.1) is 12.2 Å². The summed E-state index contributed by atoms with van der Waals surface area (Å²) in [5.41, 5.74) is 0.0311. The minimum Gasteiger partial charge on any atom is -0.462 e. The number of carbonyl (C=O) groups excluding carboxylic acids is 2. The lowest BCUT2D eigenvalue weighted by Crippen LogP contribution is -2.34. The van der Waals surface area contributed by atoms with Crippen molar-refractivity contribution in [2.45, 2.75) is 38.8 Å². The molecule has 0 heterocycles. The fourth-order valence-corrected chi connectivity index (χ4v) is 1.91. The van der Waals surface area contributed by atoms with E-state index in [1.54, 1.807) is 24.3 Å². The van der Waals surface area contributed by atoms with Crippen LogP contribution in [0.25, 0.3) is 0 Å². The van der Waals surface area contributed by atoms with E-state index in [0.29, 0.717) is 12.2 Å². The molecule has 0 aromatic heterocycles. The van der Waals surface area contributed by atoms with Gasteiger partial charge < -0.3 is 14.8 Å². The molecule has 1 aliphatic carbocycles. The van der Waals surface area contributed by atoms with Crippen molar-refractivity contribution in [1.29, 1.82) is 0 Å². The molecule has 0 bridgehead atoms. The van der Waals surface area contributed by atoms with Crippen molar-refractivity contribution in [1.82, 2.24) is 5.32 Å². The number of nitrogens with one attached hydrogen (secondary N) is 1. The highest BCUT2D eigenvalue weighted by Gasteiger charge is 2.40. The fraction of sp³-hybridized carbons (Fsp3) is 0.500. The number of hydrogen-bond donors (Lipinski definition) is 1. The molecule has 0 aliphatic heterocycles. The van der Waals surface area contributed by atoms with E-state index in [2.05, 4.69) is 5.32 Å². The molecule has 2 rings (SSSR count). The van der Waals surface area contributed by atoms with Gasteiger partial charge in [-0.05, 0) is 39.3 Å². The van der Waals surface area contributed by atoms with Crippen LogP contribution in [-0.4, -0.2) is 30.3 Å². The number of esters is 1. The van der Waals surface area contributed by atoms with Crippen LogP contribution in [0.2, 0.25) is 0 Å². The lowest BCUT2D eigenvalue weighted by Gasteiger charge is -2.19. The quantitative estimate of drug-likeness (QED) is 0.866. The Morgan fingerprint density at radius 2 is 1.90 bits per heavy atom. The summed E-state index contributed by atoms with van der Waals surface area (Å²) >= 11 is 0. The van der Waals surface area contributed by atoms with E-state index in [9.17, 15) is 9.59 Å². The predicted octanol–water partition coefficient (Wildman–Crippen LogP) is 2.76. The number of alkyl carbamates (subject to hydrolysis) is 1. The average Bonchev–Trinajstić information content (AvgIpc) is 3.12. The van der Waals surface area contributed by atoms with E-state index >= 15 is 0 Å². The smallest absolute Gasteiger partial charge is 0.407 e. The first-order valence-electron chi connectivity index (χ1n) is 7.07. The largest absolute Gasteiger partial charge is 0.462 e. The second kappa shape index (κ2) is 6.16. The topological polar surface area (TPSA) is 64.6 Å². The van der Waals surface area contributed by atoms with Crippen LogP contribution in [0.4, 0.5) is 4.79 Å². The van der Waals surface area contributed by atoms with Crippen molar-refractivity contribution in [2.24, 2.45) is 5.92 Å². The molecule has 1 N–H and O–H groups in total. The third-order valence-corrected chi connectivity index (χ3v) is 3.06. The molecule has 5 nitrogen and oxygen atoms in total. The normalized spacial score (nSPS) is 20.5. The van der Waals surface area contributed by atoms with Gasteiger partial charge in [-0.15, -0.1) is 0 Å². The van der Waals surface area contributed by atoms with Crippen molar-refractivity contribution in [3.05, 3.63) is 35.9 Å². The van der Waals surface area contributed by atoms with Crippen LogP contribution in [0, 0.1) is 5.92 Å². The monoisotopic (exact) mass is 291 g/mol. The molecule has 1 saturated carbocycles. The molecule has 1 fully saturated rings. The fourth-order valence-electron chi connectivity index (χ4n) is 1.91. The molecular formula is C16H21NO4. The third kappa shape index (κ3) is 5.10. The number of rotatable bonds is 4. The van der Waals surface area contributed by atoms with Gasteiger partial charge in [-0.3, -0.25) is 0 Å². The van der Waals surface area contributed by atoms with E-state index < -0.39 is 11.7 Å². The van der Waals surface area contributed by atoms with Crippen LogP contribution in [-0.2, 0) is 9.47 Å². The van der Waals surface area contributed by atoms with E-state index in [1.165, 1.54) is 0 Å². The van der Waals surface area contributed by atoms with E-state index in [-0.39, 0.29) is 17.9 Å². The zero-order chi connectivity index (χ0) is 15.5. The number of amides is 1. The molecule has 0 saturated heterocycles. The standard InChI is InChI=1S/C16H21NO4/c1-16(2,3)21-15(19)17-13-9-12(13)10-20-14(18)11-7-5-4-6-8-11/h4-8,12-13H,9-10H2,1-3H3,(H,17,19)/t12-,13+/m1/s1. The lowest BCUT2D eigenvalue weighted by molar-refractivity contribution is 0.0472. The summed E-state index contributed by atoms with van der Waals surface area (Å²) in [4.78, 5) is 23.3. The highest BCUT2D eigenvalue weighted by atomic mass is 16.6. The van der Waals surface area contributed by atoms with E-state index in [4.69, 9.17) is 9.47 Å². The Morgan fingerprint density at radius 3 is 2.52 bits per heavy atom. The van der Waals surface area contributed by atoms with Crippen LogP contribution in [0.1, 0.15) is 37.6 Å². The summed E-state index contributed by atoms with van der Waals surface area (Å²) < 4.78 is 10.4. The Bertz CT molecular complexity index is 507. The van der Waals surface area contributed by atoms with Gasteiger partial charge in [-0.25, -0.2) is 9.59 Å². The van der Waals surface area contributed by atoms with Gasteiger partial charge >= 0.3 is 12.1 Å². The maximum atomic E-state index is 11.8. The van der Waals surface area contributed by atoms with Crippen molar-refractivity contribution < 1.29 is 19.1 Å². The van der Waals surface area contributed by atoms with Gasteiger partial charge in [-0.1, -0.05) is 18.2 Å². The third-order valence-electron chi connectivity index (χ3n) is 3.06. The Hall–Kier alpha value is -2.04. The average molecular weight is 291 g/mol. The number of ether oxygens (including phenoxy) is 2. The molecular weight excluding hydrogens is 270 g/mol. The van der Waals surface area contributed by atoms with Gasteiger partial charge in [0.25, 0.3) is 0 Å². The predicted molar refractivity (Wildman–Crippen MR) is 78.0 cm³/mol. The zero-order valence-electron chi connectivity index (χ0n) is 12.6. The van der Waals surface area contributed by atoms with Crippen LogP contribution in [0.3, 0.4) is 0 Å². The molecule has 0 unspecified atom stereocenters. The first-order valence-corrected chi connectivity index (χ1v) is 7.07. The summed E-state index contributed by atoms with van der Waals surface area (Å²) in [6.07, 6.45) is 0.380. The summed E-state index contributed by atoms with van der Waals surface area (Å²) in [6, 6.07) is 8.89. The van der Waals surface area contributed by atoms with Gasteiger partial charge in [0.2, 0.25) is 0 Å². The van der Waals surface area contributed by atoms with Crippen molar-refractivity contribution in [3.63, 3.8) is 0 Å². The van der Waals surface area contributed by atoms with E-state index in [1.807, 2.05) is 26.8 Å². The first-order chi connectivity index (χ1) is 9.85. The highest BCUT2D eigenvalue weighted by molar-refractivity contribution is 5.89.